The fraction of sp³-hybridized carbons (Fsp3) is 0.188. The zero-order chi connectivity index (χ0) is 23.2. The number of benzene rings is 2. The molecule has 2 rings (SSSR count). The van der Waals surface area contributed by atoms with Crippen molar-refractivity contribution in [1.82, 2.24) is 10.0 Å². The highest BCUT2D eigenvalue weighted by atomic mass is 35.6. The van der Waals surface area contributed by atoms with E-state index >= 15 is 0 Å². The van der Waals surface area contributed by atoms with E-state index in [2.05, 4.69) is 15.4 Å². The normalized spacial score (nSPS) is 12.0. The molecule has 2 aromatic rings. The third kappa shape index (κ3) is 7.23. The van der Waals surface area contributed by atoms with Gasteiger partial charge in [-0.05, 0) is 42.4 Å². The Balaban J connectivity index is 2.14. The second kappa shape index (κ2) is 11.0. The monoisotopic (exact) mass is 525 g/mol. The first-order valence-corrected chi connectivity index (χ1v) is 10.5. The van der Waals surface area contributed by atoms with E-state index in [1.165, 1.54) is 43.5 Å². The lowest BCUT2D eigenvalue weighted by Gasteiger charge is -2.27. The van der Waals surface area contributed by atoms with E-state index in [0.717, 1.165) is 11.9 Å². The van der Waals surface area contributed by atoms with Gasteiger partial charge in [-0.1, -0.05) is 46.9 Å². The summed E-state index contributed by atoms with van der Waals surface area (Å²) in [6, 6.07) is 10.1. The maximum atomic E-state index is 11.3. The Morgan fingerprint density at radius 3 is 2.35 bits per heavy atom. The minimum atomic E-state index is -1.94. The van der Waals surface area contributed by atoms with Gasteiger partial charge in [-0.25, -0.2) is 4.72 Å². The Morgan fingerprint density at radius 2 is 1.77 bits per heavy atom. The van der Waals surface area contributed by atoms with Gasteiger partial charge in [-0.2, -0.15) is 0 Å². The van der Waals surface area contributed by atoms with Crippen molar-refractivity contribution in [3.63, 3.8) is 0 Å². The minimum Gasteiger partial charge on any atom is -0.496 e. The molecule has 0 fully saturated rings. The molecule has 0 saturated heterocycles. The fourth-order valence-corrected chi connectivity index (χ4v) is 3.80. The third-order valence-corrected chi connectivity index (χ3v) is 5.39. The lowest BCUT2D eigenvalue weighted by Crippen LogP contribution is -2.52. The number of methoxy groups -OCH3 is 1. The molecule has 0 aliphatic carbocycles. The average Bonchev–Trinajstić information content (AvgIpc) is 2.70. The number of nitro groups is 2. The number of rotatable bonds is 8. The van der Waals surface area contributed by atoms with Crippen molar-refractivity contribution in [2.75, 3.05) is 12.4 Å². The number of halogens is 3. The number of anilines is 1. The molecule has 166 valence electrons. The van der Waals surface area contributed by atoms with Crippen LogP contribution < -0.4 is 20.1 Å². The minimum absolute atomic E-state index is 0.0812. The van der Waals surface area contributed by atoms with Crippen LogP contribution in [0.1, 0.15) is 0 Å². The van der Waals surface area contributed by atoms with Crippen LogP contribution in [0.5, 0.6) is 5.75 Å². The Bertz CT molecular complexity index is 992. The highest BCUT2D eigenvalue weighted by Crippen LogP contribution is 2.33. The molecule has 10 nitrogen and oxygen atoms in total. The summed E-state index contributed by atoms with van der Waals surface area (Å²) in [4.78, 5) is 21.6. The molecule has 15 heteroatoms. The van der Waals surface area contributed by atoms with Crippen LogP contribution in [0, 0.1) is 20.2 Å². The fourth-order valence-electron chi connectivity index (χ4n) is 2.18. The Kier molecular flexibility index (Phi) is 8.91. The first-order chi connectivity index (χ1) is 14.5. The van der Waals surface area contributed by atoms with E-state index < -0.39 is 19.8 Å². The number of alkyl halides is 3. The quantitative estimate of drug-likeness (QED) is 0.110. The van der Waals surface area contributed by atoms with Crippen LogP contribution in [0.4, 0.5) is 17.1 Å². The molecule has 0 saturated carbocycles. The second-order valence-corrected chi connectivity index (χ2v) is 9.31. The number of ether oxygens (including phenoxy) is 1. The zero-order valence-corrected chi connectivity index (χ0v) is 19.4. The van der Waals surface area contributed by atoms with E-state index in [9.17, 15) is 20.2 Å². The summed E-state index contributed by atoms with van der Waals surface area (Å²) < 4.78 is 5.81. The summed E-state index contributed by atoms with van der Waals surface area (Å²) in [5.41, 5.74) is -0.341. The van der Waals surface area contributed by atoms with Crippen LogP contribution in [0.2, 0.25) is 0 Å². The first kappa shape index (κ1) is 25.2. The van der Waals surface area contributed by atoms with Gasteiger partial charge in [0.1, 0.15) is 22.5 Å². The first-order valence-electron chi connectivity index (χ1n) is 8.15. The Hall–Kier alpha value is -2.09. The Labute approximate surface area is 201 Å². The van der Waals surface area contributed by atoms with Crippen LogP contribution in [0.25, 0.3) is 0 Å². The van der Waals surface area contributed by atoms with Crippen LogP contribution >= 0.6 is 59.0 Å². The van der Waals surface area contributed by atoms with Crippen molar-refractivity contribution < 1.29 is 14.6 Å². The molecule has 0 aliphatic heterocycles. The summed E-state index contributed by atoms with van der Waals surface area (Å²) in [6.07, 6.45) is -1.13. The summed E-state index contributed by atoms with van der Waals surface area (Å²) in [7, 11) is 1.38. The third-order valence-electron chi connectivity index (χ3n) is 3.60. The lowest BCUT2D eigenvalue weighted by atomic mass is 10.2. The Morgan fingerprint density at radius 1 is 1.13 bits per heavy atom. The highest BCUT2D eigenvalue weighted by molar-refractivity contribution is 7.97. The van der Waals surface area contributed by atoms with Gasteiger partial charge in [0.15, 0.2) is 5.11 Å². The molecular weight excluding hydrogens is 513 g/mol. The van der Waals surface area contributed by atoms with Crippen molar-refractivity contribution in [2.45, 2.75) is 14.9 Å². The summed E-state index contributed by atoms with van der Waals surface area (Å²) in [6.45, 7) is 0. The molecule has 0 bridgehead atoms. The summed E-state index contributed by atoms with van der Waals surface area (Å²) in [5, 5.41) is 27.7. The predicted octanol–water partition coefficient (Wildman–Crippen LogP) is 4.79. The van der Waals surface area contributed by atoms with Crippen LogP contribution in [0.3, 0.4) is 0 Å². The topological polar surface area (TPSA) is 132 Å². The maximum absolute atomic E-state index is 11.3. The number of para-hydroxylation sites is 1. The SMILES string of the molecule is COc1ccc(NC(=S)N[C@H](NSc2ccccc2[N+](=O)[O-])C(Cl)(Cl)Cl)c([N+](=O)[O-])c1. The van der Waals surface area contributed by atoms with Gasteiger partial charge in [-0.3, -0.25) is 20.2 Å². The standard InChI is InChI=1S/C16H14Cl3N5O5S2/c1-29-9-6-7-10(12(8-9)24(27)28)20-15(30)21-14(16(17,18)19)22-31-13-5-3-2-4-11(13)23(25)26/h2-8,14,22H,1H3,(H2,20,21,30)/t14-/m1/s1. The van der Waals surface area contributed by atoms with Crippen molar-refractivity contribution in [3.05, 3.63) is 62.7 Å². The van der Waals surface area contributed by atoms with Gasteiger partial charge < -0.3 is 15.4 Å². The van der Waals surface area contributed by atoms with Crippen molar-refractivity contribution in [3.8, 4) is 5.75 Å². The largest absolute Gasteiger partial charge is 0.496 e. The molecule has 0 aliphatic rings. The number of nitro benzene ring substituents is 2. The van der Waals surface area contributed by atoms with Crippen molar-refractivity contribution in [1.29, 1.82) is 0 Å². The van der Waals surface area contributed by atoms with Crippen LogP contribution in [-0.2, 0) is 0 Å². The van der Waals surface area contributed by atoms with Gasteiger partial charge in [-0.15, -0.1) is 0 Å². The smallest absolute Gasteiger partial charge is 0.296 e. The summed E-state index contributed by atoms with van der Waals surface area (Å²) in [5.74, 6) is 0.290. The van der Waals surface area contributed by atoms with Crippen molar-refractivity contribution in [2.24, 2.45) is 0 Å². The van der Waals surface area contributed by atoms with E-state index in [1.807, 2.05) is 0 Å². The zero-order valence-electron chi connectivity index (χ0n) is 15.5. The molecule has 3 N–H and O–H groups in total. The summed E-state index contributed by atoms with van der Waals surface area (Å²) >= 11 is 24.0. The molecule has 0 aromatic heterocycles. The van der Waals surface area contributed by atoms with Gasteiger partial charge in [0.2, 0.25) is 3.79 Å². The van der Waals surface area contributed by atoms with Crippen LogP contribution in [0.15, 0.2) is 47.4 Å². The van der Waals surface area contributed by atoms with E-state index in [0.29, 0.717) is 0 Å². The van der Waals surface area contributed by atoms with Crippen LogP contribution in [-0.4, -0.2) is 32.0 Å². The number of nitrogens with zero attached hydrogens (tertiary/aromatic N) is 2. The number of hydrogen-bond acceptors (Lipinski definition) is 8. The molecular formula is C16H14Cl3N5O5S2. The van der Waals surface area contributed by atoms with Crippen molar-refractivity contribution >= 4 is 81.1 Å². The lowest BCUT2D eigenvalue weighted by molar-refractivity contribution is -0.387. The molecule has 31 heavy (non-hydrogen) atoms. The van der Waals surface area contributed by atoms with E-state index in [4.69, 9.17) is 51.8 Å². The maximum Gasteiger partial charge on any atom is 0.296 e. The predicted molar refractivity (Wildman–Crippen MR) is 125 cm³/mol. The molecule has 0 spiro atoms. The van der Waals surface area contributed by atoms with Gasteiger partial charge in [0.25, 0.3) is 11.4 Å². The molecule has 0 radical (unpaired) electrons. The average molecular weight is 527 g/mol. The number of thiocarbonyl (C=S) groups is 1. The highest BCUT2D eigenvalue weighted by Gasteiger charge is 2.34. The van der Waals surface area contributed by atoms with Gasteiger partial charge >= 0.3 is 0 Å². The molecule has 1 atom stereocenters. The molecule has 2 aromatic carbocycles. The van der Waals surface area contributed by atoms with Gasteiger partial charge in [0.05, 0.1) is 23.0 Å². The van der Waals surface area contributed by atoms with E-state index in [1.54, 1.807) is 6.07 Å². The molecule has 0 unspecified atom stereocenters. The number of nitrogens with one attached hydrogen (secondary N) is 3. The number of hydrogen-bond donors (Lipinski definition) is 3. The second-order valence-electron chi connectivity index (χ2n) is 5.66. The molecule has 0 heterocycles. The van der Waals surface area contributed by atoms with Gasteiger partial charge in [0, 0.05) is 6.07 Å². The molecule has 0 amide bonds. The van der Waals surface area contributed by atoms with E-state index in [-0.39, 0.29) is 32.8 Å².